The average Bonchev–Trinajstić information content (AvgIpc) is 2.63. The second-order valence-corrected chi connectivity index (χ2v) is 13.5. The van der Waals surface area contributed by atoms with Crippen LogP contribution in [-0.2, 0) is 29.9 Å². The number of anilines is 1. The van der Waals surface area contributed by atoms with Crippen molar-refractivity contribution in [2.24, 2.45) is 0 Å². The number of esters is 2. The van der Waals surface area contributed by atoms with Crippen molar-refractivity contribution in [2.75, 3.05) is 25.1 Å². The van der Waals surface area contributed by atoms with Gasteiger partial charge in [0.05, 0.1) is 13.2 Å². The van der Waals surface area contributed by atoms with E-state index < -0.39 is 20.3 Å². The van der Waals surface area contributed by atoms with Gasteiger partial charge in [0.15, 0.2) is 13.9 Å². The Bertz CT molecular complexity index is 751. The molecule has 0 unspecified atom stereocenters. The molecule has 0 aliphatic rings. The molecule has 0 atom stereocenters. The van der Waals surface area contributed by atoms with E-state index in [9.17, 15) is 9.59 Å². The summed E-state index contributed by atoms with van der Waals surface area (Å²) in [7, 11) is -1.88. The molecule has 0 aliphatic heterocycles. The average molecular weight is 456 g/mol. The van der Waals surface area contributed by atoms with E-state index in [0.29, 0.717) is 23.7 Å². The van der Waals surface area contributed by atoms with Gasteiger partial charge in [-0.1, -0.05) is 38.4 Å². The maximum Gasteiger partial charge on any atom is 0.347 e. The Morgan fingerprint density at radius 1 is 1.10 bits per heavy atom. The van der Waals surface area contributed by atoms with Gasteiger partial charge in [0, 0.05) is 23.5 Å². The van der Waals surface area contributed by atoms with E-state index in [2.05, 4.69) is 39.2 Å². The largest absolute Gasteiger partial charge is 0.462 e. The number of rotatable bonds is 10. The standard InChI is InChI=1S/C22H34ClNO5Si/c1-8-27-20(25)17(21(26)28-9-2)15-24-19-12-10-11-18(23)16(19)13-14-29-30(6,7)22(3,4)5/h10-12,15,24H,8-9,13-14H2,1-7H3. The molecule has 1 rings (SSSR count). The third-order valence-corrected chi connectivity index (χ3v) is 10.00. The van der Waals surface area contributed by atoms with Crippen LogP contribution in [0.5, 0.6) is 0 Å². The summed E-state index contributed by atoms with van der Waals surface area (Å²) >= 11 is 6.42. The van der Waals surface area contributed by atoms with Crippen molar-refractivity contribution in [1.29, 1.82) is 0 Å². The molecule has 1 N–H and O–H groups in total. The van der Waals surface area contributed by atoms with Crippen LogP contribution in [0.2, 0.25) is 23.2 Å². The molecule has 0 bridgehead atoms. The number of benzene rings is 1. The fourth-order valence-electron chi connectivity index (χ4n) is 2.34. The Hall–Kier alpha value is -1.83. The zero-order chi connectivity index (χ0) is 22.9. The molecule has 168 valence electrons. The molecule has 0 aliphatic carbocycles. The third kappa shape index (κ3) is 7.45. The summed E-state index contributed by atoms with van der Waals surface area (Å²) in [5.41, 5.74) is 1.33. The number of carbonyl (C=O) groups is 2. The molecule has 0 heterocycles. The van der Waals surface area contributed by atoms with E-state index >= 15 is 0 Å². The molecule has 0 aromatic heterocycles. The lowest BCUT2D eigenvalue weighted by atomic mass is 10.1. The number of nitrogens with one attached hydrogen (secondary N) is 1. The van der Waals surface area contributed by atoms with Gasteiger partial charge in [-0.2, -0.15) is 0 Å². The lowest BCUT2D eigenvalue weighted by Gasteiger charge is -2.36. The van der Waals surface area contributed by atoms with E-state index in [4.69, 9.17) is 25.5 Å². The van der Waals surface area contributed by atoms with Crippen molar-refractivity contribution in [1.82, 2.24) is 0 Å². The monoisotopic (exact) mass is 455 g/mol. The molecule has 6 nitrogen and oxygen atoms in total. The first-order valence-electron chi connectivity index (χ1n) is 10.2. The number of halogens is 1. The lowest BCUT2D eigenvalue weighted by Crippen LogP contribution is -2.41. The van der Waals surface area contributed by atoms with Gasteiger partial charge in [-0.25, -0.2) is 9.59 Å². The quantitative estimate of drug-likeness (QED) is 0.169. The summed E-state index contributed by atoms with van der Waals surface area (Å²) in [5, 5.41) is 3.72. The van der Waals surface area contributed by atoms with Crippen molar-refractivity contribution in [3.05, 3.63) is 40.6 Å². The van der Waals surface area contributed by atoms with Crippen molar-refractivity contribution in [2.45, 2.75) is 59.2 Å². The first-order chi connectivity index (χ1) is 13.9. The second kappa shape index (κ2) is 11.5. The first kappa shape index (κ1) is 26.2. The molecule has 0 spiro atoms. The third-order valence-electron chi connectivity index (χ3n) is 5.10. The molecule has 0 saturated heterocycles. The smallest absolute Gasteiger partial charge is 0.347 e. The van der Waals surface area contributed by atoms with Gasteiger partial charge in [0.2, 0.25) is 0 Å². The lowest BCUT2D eigenvalue weighted by molar-refractivity contribution is -0.146. The van der Waals surface area contributed by atoms with Gasteiger partial charge in [-0.15, -0.1) is 0 Å². The summed E-state index contributed by atoms with van der Waals surface area (Å²) in [6.45, 7) is 15.2. The molecule has 0 radical (unpaired) electrons. The Morgan fingerprint density at radius 3 is 2.17 bits per heavy atom. The van der Waals surface area contributed by atoms with Gasteiger partial charge < -0.3 is 19.2 Å². The van der Waals surface area contributed by atoms with Crippen LogP contribution < -0.4 is 5.32 Å². The molecule has 1 aromatic carbocycles. The fourth-order valence-corrected chi connectivity index (χ4v) is 3.66. The van der Waals surface area contributed by atoms with Gasteiger partial charge in [0.1, 0.15) is 0 Å². The minimum Gasteiger partial charge on any atom is -0.462 e. The van der Waals surface area contributed by atoms with Crippen LogP contribution in [0.1, 0.15) is 40.2 Å². The number of carbonyl (C=O) groups excluding carboxylic acids is 2. The summed E-state index contributed by atoms with van der Waals surface area (Å²) in [6.07, 6.45) is 1.90. The van der Waals surface area contributed by atoms with Crippen LogP contribution in [0.3, 0.4) is 0 Å². The molecule has 8 heteroatoms. The number of hydrogen-bond acceptors (Lipinski definition) is 6. The summed E-state index contributed by atoms with van der Waals surface area (Å²) < 4.78 is 16.2. The first-order valence-corrected chi connectivity index (χ1v) is 13.5. The summed E-state index contributed by atoms with van der Waals surface area (Å²) in [4.78, 5) is 24.3. The van der Waals surface area contributed by atoms with Crippen LogP contribution in [0, 0.1) is 0 Å². The zero-order valence-corrected chi connectivity index (χ0v) is 20.8. The number of hydrogen-bond donors (Lipinski definition) is 1. The van der Waals surface area contributed by atoms with Crippen LogP contribution in [0.15, 0.2) is 30.0 Å². The van der Waals surface area contributed by atoms with Crippen LogP contribution >= 0.6 is 11.6 Å². The second-order valence-electron chi connectivity index (χ2n) is 8.27. The molecule has 1 aromatic rings. The fraction of sp³-hybridized carbons (Fsp3) is 0.545. The van der Waals surface area contributed by atoms with Crippen LogP contribution in [0.4, 0.5) is 5.69 Å². The Balaban J connectivity index is 3.04. The predicted molar refractivity (Wildman–Crippen MR) is 123 cm³/mol. The van der Waals surface area contributed by atoms with E-state index in [-0.39, 0.29) is 23.8 Å². The minimum atomic E-state index is -1.88. The Kier molecular flexibility index (Phi) is 10.1. The van der Waals surface area contributed by atoms with E-state index in [1.807, 2.05) is 6.07 Å². The predicted octanol–water partition coefficient (Wildman–Crippen LogP) is 5.33. The highest BCUT2D eigenvalue weighted by Gasteiger charge is 2.36. The maximum atomic E-state index is 12.1. The normalized spacial score (nSPS) is 11.6. The molecule has 0 amide bonds. The molecular formula is C22H34ClNO5Si. The van der Waals surface area contributed by atoms with Crippen molar-refractivity contribution in [3.8, 4) is 0 Å². The van der Waals surface area contributed by atoms with E-state index in [1.54, 1.807) is 26.0 Å². The summed E-state index contributed by atoms with van der Waals surface area (Å²) in [6, 6.07) is 5.43. The van der Waals surface area contributed by atoms with Crippen LogP contribution in [-0.4, -0.2) is 40.1 Å². The highest BCUT2D eigenvalue weighted by atomic mass is 35.5. The topological polar surface area (TPSA) is 73.9 Å². The van der Waals surface area contributed by atoms with Gasteiger partial charge in [0.25, 0.3) is 0 Å². The van der Waals surface area contributed by atoms with Crippen molar-refractivity contribution >= 4 is 37.5 Å². The zero-order valence-electron chi connectivity index (χ0n) is 19.1. The Morgan fingerprint density at radius 2 is 1.67 bits per heavy atom. The van der Waals surface area contributed by atoms with E-state index in [0.717, 1.165) is 5.56 Å². The highest BCUT2D eigenvalue weighted by Crippen LogP contribution is 2.37. The molecule has 0 fully saturated rings. The van der Waals surface area contributed by atoms with Gasteiger partial charge in [-0.05, 0) is 56.1 Å². The van der Waals surface area contributed by atoms with Gasteiger partial charge >= 0.3 is 11.9 Å². The highest BCUT2D eigenvalue weighted by molar-refractivity contribution is 6.74. The maximum absolute atomic E-state index is 12.1. The van der Waals surface area contributed by atoms with Crippen molar-refractivity contribution in [3.63, 3.8) is 0 Å². The van der Waals surface area contributed by atoms with Crippen LogP contribution in [0.25, 0.3) is 0 Å². The number of ether oxygens (including phenoxy) is 2. The summed E-state index contributed by atoms with van der Waals surface area (Å²) in [5.74, 6) is -1.48. The van der Waals surface area contributed by atoms with Gasteiger partial charge in [-0.3, -0.25) is 0 Å². The Labute approximate surface area is 186 Å². The van der Waals surface area contributed by atoms with Crippen molar-refractivity contribution < 1.29 is 23.5 Å². The molecule has 30 heavy (non-hydrogen) atoms. The minimum absolute atomic E-state index is 0.117. The molecule has 0 saturated carbocycles. The SMILES string of the molecule is CCOC(=O)C(=CNc1cccc(Cl)c1CCO[Si](C)(C)C(C)(C)C)C(=O)OCC. The molecular weight excluding hydrogens is 422 g/mol. The van der Waals surface area contributed by atoms with E-state index in [1.165, 1.54) is 6.20 Å².